The number of hydrogen-bond donors (Lipinski definition) is 1. The molecule has 0 saturated heterocycles. The molecule has 1 aromatic carbocycles. The second kappa shape index (κ2) is 12.8. The van der Waals surface area contributed by atoms with Crippen LogP contribution in [0.25, 0.3) is 0 Å². The first kappa shape index (κ1) is 26.2. The molecule has 0 aliphatic heterocycles. The maximum Gasteiger partial charge on any atom is 0.410 e. The maximum absolute atomic E-state index is 13.0. The average Bonchev–Trinajstić information content (AvgIpc) is 3.22. The summed E-state index contributed by atoms with van der Waals surface area (Å²) < 4.78 is 12.0. The molecule has 1 aromatic heterocycles. The minimum Gasteiger partial charge on any atom is -0.447 e. The third kappa shape index (κ3) is 10.0. The van der Waals surface area contributed by atoms with E-state index < -0.39 is 17.8 Å². The van der Waals surface area contributed by atoms with Gasteiger partial charge < -0.3 is 14.8 Å². The molecule has 0 aliphatic rings. The van der Waals surface area contributed by atoms with E-state index >= 15 is 0 Å². The quantitative estimate of drug-likeness (QED) is 0.373. The summed E-state index contributed by atoms with van der Waals surface area (Å²) in [7, 11) is 0. The molecule has 1 heterocycles. The van der Waals surface area contributed by atoms with Gasteiger partial charge in [0, 0.05) is 15.9 Å². The molecule has 0 fully saturated rings. The molecule has 0 spiro atoms. The SMILES string of the molecule is CCCC[C@@H](COC(=O)N(Cc1ccc(Br)cc1)Cc1cccs1)NC(=O)OC(C)(C)C. The zero-order valence-electron chi connectivity index (χ0n) is 19.2. The van der Waals surface area contributed by atoms with Gasteiger partial charge in [-0.15, -0.1) is 11.3 Å². The lowest BCUT2D eigenvalue weighted by molar-refractivity contribution is 0.0442. The Bertz CT molecular complexity index is 835. The molecule has 8 heteroatoms. The molecule has 1 N–H and O–H groups in total. The van der Waals surface area contributed by atoms with Crippen LogP contribution < -0.4 is 5.32 Å². The fourth-order valence-electron chi connectivity index (χ4n) is 2.97. The lowest BCUT2D eigenvalue weighted by Crippen LogP contribution is -2.43. The predicted octanol–water partition coefficient (Wildman–Crippen LogP) is 6.73. The number of carbonyl (C=O) groups is 2. The van der Waals surface area contributed by atoms with Crippen LogP contribution in [0.4, 0.5) is 9.59 Å². The van der Waals surface area contributed by atoms with Crippen LogP contribution >= 0.6 is 27.3 Å². The highest BCUT2D eigenvalue weighted by Crippen LogP contribution is 2.18. The normalized spacial score (nSPS) is 12.2. The van der Waals surface area contributed by atoms with Crippen molar-refractivity contribution in [2.24, 2.45) is 0 Å². The van der Waals surface area contributed by atoms with E-state index in [1.54, 1.807) is 16.2 Å². The van der Waals surface area contributed by atoms with Gasteiger partial charge in [-0.2, -0.15) is 0 Å². The fourth-order valence-corrected chi connectivity index (χ4v) is 3.95. The minimum absolute atomic E-state index is 0.0966. The molecule has 2 aromatic rings. The van der Waals surface area contributed by atoms with Gasteiger partial charge in [0.05, 0.1) is 12.6 Å². The zero-order chi connectivity index (χ0) is 23.6. The summed E-state index contributed by atoms with van der Waals surface area (Å²) in [5.74, 6) is 0. The molecule has 6 nitrogen and oxygen atoms in total. The highest BCUT2D eigenvalue weighted by molar-refractivity contribution is 9.10. The Morgan fingerprint density at radius 1 is 1.16 bits per heavy atom. The topological polar surface area (TPSA) is 67.9 Å². The van der Waals surface area contributed by atoms with Crippen LogP contribution in [0.15, 0.2) is 46.3 Å². The number of halogens is 1. The first-order valence-electron chi connectivity index (χ1n) is 10.8. The van der Waals surface area contributed by atoms with Crippen molar-refractivity contribution in [3.63, 3.8) is 0 Å². The Morgan fingerprint density at radius 2 is 1.88 bits per heavy atom. The molecule has 176 valence electrons. The van der Waals surface area contributed by atoms with Crippen molar-refractivity contribution >= 4 is 39.5 Å². The largest absolute Gasteiger partial charge is 0.447 e. The lowest BCUT2D eigenvalue weighted by Gasteiger charge is -2.25. The second-order valence-corrected chi connectivity index (χ2v) is 10.6. The van der Waals surface area contributed by atoms with Crippen molar-refractivity contribution < 1.29 is 19.1 Å². The lowest BCUT2D eigenvalue weighted by atomic mass is 10.1. The van der Waals surface area contributed by atoms with Crippen molar-refractivity contribution in [2.45, 2.75) is 71.7 Å². The number of amides is 2. The molecule has 1 atom stereocenters. The molecule has 0 radical (unpaired) electrons. The van der Waals surface area contributed by atoms with Crippen molar-refractivity contribution in [1.82, 2.24) is 10.2 Å². The highest BCUT2D eigenvalue weighted by atomic mass is 79.9. The Morgan fingerprint density at radius 3 is 2.47 bits per heavy atom. The van der Waals surface area contributed by atoms with Crippen molar-refractivity contribution in [3.8, 4) is 0 Å². The summed E-state index contributed by atoms with van der Waals surface area (Å²) in [6.45, 7) is 8.53. The number of nitrogens with one attached hydrogen (secondary N) is 1. The number of nitrogens with zero attached hydrogens (tertiary/aromatic N) is 1. The van der Waals surface area contributed by atoms with Gasteiger partial charge in [-0.25, -0.2) is 9.59 Å². The first-order chi connectivity index (χ1) is 15.2. The van der Waals surface area contributed by atoms with Gasteiger partial charge in [-0.1, -0.05) is 53.9 Å². The number of benzene rings is 1. The Hall–Kier alpha value is -2.06. The van der Waals surface area contributed by atoms with E-state index in [1.807, 2.05) is 62.5 Å². The van der Waals surface area contributed by atoms with Gasteiger partial charge in [0.2, 0.25) is 0 Å². The Kier molecular flexibility index (Phi) is 10.5. The van der Waals surface area contributed by atoms with Crippen LogP contribution in [0.2, 0.25) is 0 Å². The second-order valence-electron chi connectivity index (χ2n) is 8.62. The molecule has 0 bridgehead atoms. The van der Waals surface area contributed by atoms with E-state index in [1.165, 1.54) is 0 Å². The molecular formula is C24H33BrN2O4S. The van der Waals surface area contributed by atoms with E-state index in [4.69, 9.17) is 9.47 Å². The number of alkyl carbamates (subject to hydrolysis) is 1. The van der Waals surface area contributed by atoms with Crippen LogP contribution in [0.1, 0.15) is 57.4 Å². The van der Waals surface area contributed by atoms with E-state index in [-0.39, 0.29) is 12.6 Å². The summed E-state index contributed by atoms with van der Waals surface area (Å²) in [5, 5.41) is 4.83. The van der Waals surface area contributed by atoms with Gasteiger partial charge in [0.25, 0.3) is 0 Å². The van der Waals surface area contributed by atoms with E-state index in [2.05, 4.69) is 28.2 Å². The maximum atomic E-state index is 13.0. The van der Waals surface area contributed by atoms with E-state index in [9.17, 15) is 9.59 Å². The predicted molar refractivity (Wildman–Crippen MR) is 132 cm³/mol. The summed E-state index contributed by atoms with van der Waals surface area (Å²) in [6.07, 6.45) is 1.69. The highest BCUT2D eigenvalue weighted by Gasteiger charge is 2.22. The first-order valence-corrected chi connectivity index (χ1v) is 12.5. The van der Waals surface area contributed by atoms with Gasteiger partial charge in [-0.05, 0) is 56.3 Å². The van der Waals surface area contributed by atoms with Gasteiger partial charge >= 0.3 is 12.2 Å². The van der Waals surface area contributed by atoms with Crippen LogP contribution in [0.5, 0.6) is 0 Å². The van der Waals surface area contributed by atoms with Crippen molar-refractivity contribution in [2.75, 3.05) is 6.61 Å². The zero-order valence-corrected chi connectivity index (χ0v) is 21.6. The molecule has 32 heavy (non-hydrogen) atoms. The smallest absolute Gasteiger partial charge is 0.410 e. The molecule has 2 rings (SSSR count). The number of unbranched alkanes of at least 4 members (excludes halogenated alkanes) is 1. The standard InChI is InChI=1S/C24H33BrN2O4S/c1-5-6-8-20(26-22(28)31-24(2,3)4)17-30-23(29)27(16-21-9-7-14-32-21)15-18-10-12-19(25)13-11-18/h7,9-14,20H,5-6,8,15-17H2,1-4H3,(H,26,28)/t20-/m0/s1. The average molecular weight is 526 g/mol. The van der Waals surface area contributed by atoms with Crippen molar-refractivity contribution in [1.29, 1.82) is 0 Å². The third-order valence-corrected chi connectivity index (χ3v) is 5.90. The summed E-state index contributed by atoms with van der Waals surface area (Å²) in [4.78, 5) is 28.0. The van der Waals surface area contributed by atoms with Crippen LogP contribution in [-0.2, 0) is 22.6 Å². The molecule has 0 saturated carbocycles. The number of hydrogen-bond acceptors (Lipinski definition) is 5. The number of ether oxygens (including phenoxy) is 2. The monoisotopic (exact) mass is 524 g/mol. The number of carbonyl (C=O) groups excluding carboxylic acids is 2. The van der Waals surface area contributed by atoms with E-state index in [0.29, 0.717) is 19.5 Å². The molecule has 0 unspecified atom stereocenters. The van der Waals surface area contributed by atoms with Gasteiger partial charge in [-0.3, -0.25) is 4.90 Å². The third-order valence-electron chi connectivity index (χ3n) is 4.51. The molecule has 2 amide bonds. The molecule has 0 aliphatic carbocycles. The summed E-state index contributed by atoms with van der Waals surface area (Å²) >= 11 is 5.04. The number of rotatable bonds is 10. The van der Waals surface area contributed by atoms with Crippen molar-refractivity contribution in [3.05, 3.63) is 56.7 Å². The summed E-state index contributed by atoms with van der Waals surface area (Å²) in [6, 6.07) is 11.5. The minimum atomic E-state index is -0.585. The van der Waals surface area contributed by atoms with Gasteiger partial charge in [0.1, 0.15) is 12.2 Å². The van der Waals surface area contributed by atoms with Crippen LogP contribution in [0, 0.1) is 0 Å². The Labute approximate surface area is 203 Å². The van der Waals surface area contributed by atoms with Gasteiger partial charge in [0.15, 0.2) is 0 Å². The van der Waals surface area contributed by atoms with Crippen LogP contribution in [0.3, 0.4) is 0 Å². The Balaban J connectivity index is 2.02. The summed E-state index contributed by atoms with van der Waals surface area (Å²) in [5.41, 5.74) is 0.425. The number of thiophene rings is 1. The molecular weight excluding hydrogens is 492 g/mol. The van der Waals surface area contributed by atoms with E-state index in [0.717, 1.165) is 27.8 Å². The fraction of sp³-hybridized carbons (Fsp3) is 0.500. The van der Waals surface area contributed by atoms with Crippen LogP contribution in [-0.4, -0.2) is 35.3 Å².